The fourth-order valence-electron chi connectivity index (χ4n) is 2.56. The Hall–Kier alpha value is -2.29. The van der Waals surface area contributed by atoms with Gasteiger partial charge in [-0.2, -0.15) is 0 Å². The van der Waals surface area contributed by atoms with Gasteiger partial charge in [0.05, 0.1) is 0 Å². The molecule has 2 aromatic rings. The monoisotopic (exact) mass is 252 g/mol. The Morgan fingerprint density at radius 2 is 1.84 bits per heavy atom. The van der Waals surface area contributed by atoms with Crippen LogP contribution in [0, 0.1) is 0 Å². The zero-order chi connectivity index (χ0) is 13.4. The molecule has 0 spiro atoms. The molecule has 1 amide bonds. The van der Waals surface area contributed by atoms with Crippen LogP contribution >= 0.6 is 0 Å². The van der Waals surface area contributed by atoms with Crippen molar-refractivity contribution in [2.75, 3.05) is 11.1 Å². The first-order valence-corrected chi connectivity index (χ1v) is 6.49. The van der Waals surface area contributed by atoms with Crippen LogP contribution in [0.3, 0.4) is 0 Å². The number of nitrogens with one attached hydrogen (secondary N) is 1. The Balaban J connectivity index is 1.96. The highest BCUT2D eigenvalue weighted by atomic mass is 16.1. The summed E-state index contributed by atoms with van der Waals surface area (Å²) in [6.45, 7) is 1.85. The number of amides is 1. The normalized spacial score (nSPS) is 11.8. The molecular weight excluding hydrogens is 236 g/mol. The predicted octanol–water partition coefficient (Wildman–Crippen LogP) is 3.19. The van der Waals surface area contributed by atoms with Gasteiger partial charge < -0.3 is 11.1 Å². The quantitative estimate of drug-likeness (QED) is 0.688. The van der Waals surface area contributed by atoms with Crippen molar-refractivity contribution in [3.63, 3.8) is 0 Å². The van der Waals surface area contributed by atoms with Crippen molar-refractivity contribution in [3.8, 4) is 11.1 Å². The molecule has 0 aromatic heterocycles. The lowest BCUT2D eigenvalue weighted by Gasteiger charge is -2.06. The minimum Gasteiger partial charge on any atom is -0.399 e. The summed E-state index contributed by atoms with van der Waals surface area (Å²) in [6, 6.07) is 12.1. The Morgan fingerprint density at radius 1 is 1.16 bits per heavy atom. The van der Waals surface area contributed by atoms with Crippen molar-refractivity contribution in [1.29, 1.82) is 0 Å². The average molecular weight is 252 g/mol. The van der Waals surface area contributed by atoms with Crippen molar-refractivity contribution in [1.82, 2.24) is 0 Å². The number of benzene rings is 2. The largest absolute Gasteiger partial charge is 0.399 e. The standard InChI is InChI=1S/C16H16N2O/c1-2-16(19)18-13-4-6-15-11(9-13)7-10-8-12(17)3-5-14(10)15/h3-6,8-9H,2,7,17H2,1H3,(H,18,19). The average Bonchev–Trinajstić information content (AvgIpc) is 2.74. The number of fused-ring (bicyclic) bond motifs is 3. The van der Waals surface area contributed by atoms with Crippen LogP contribution in [0.2, 0.25) is 0 Å². The molecule has 0 saturated carbocycles. The van der Waals surface area contributed by atoms with Crippen molar-refractivity contribution in [2.45, 2.75) is 19.8 Å². The lowest BCUT2D eigenvalue weighted by molar-refractivity contribution is -0.115. The maximum Gasteiger partial charge on any atom is 0.224 e. The van der Waals surface area contributed by atoms with E-state index in [2.05, 4.69) is 23.5 Å². The number of hydrogen-bond acceptors (Lipinski definition) is 2. The topological polar surface area (TPSA) is 55.1 Å². The minimum absolute atomic E-state index is 0.0414. The third kappa shape index (κ3) is 2.08. The molecule has 2 aromatic carbocycles. The number of hydrogen-bond donors (Lipinski definition) is 2. The molecule has 19 heavy (non-hydrogen) atoms. The van der Waals surface area contributed by atoms with Gasteiger partial charge in [0.2, 0.25) is 5.91 Å². The summed E-state index contributed by atoms with van der Waals surface area (Å²) >= 11 is 0. The lowest BCUT2D eigenvalue weighted by atomic mass is 10.1. The Kier molecular flexibility index (Phi) is 2.75. The number of anilines is 2. The van der Waals surface area contributed by atoms with Crippen LogP contribution in [-0.4, -0.2) is 5.91 Å². The molecule has 3 heteroatoms. The molecule has 1 aliphatic carbocycles. The summed E-state index contributed by atoms with van der Waals surface area (Å²) in [7, 11) is 0. The van der Waals surface area contributed by atoms with Crippen LogP contribution in [0.1, 0.15) is 24.5 Å². The van der Waals surface area contributed by atoms with E-state index in [9.17, 15) is 4.79 Å². The summed E-state index contributed by atoms with van der Waals surface area (Å²) < 4.78 is 0. The molecule has 96 valence electrons. The SMILES string of the molecule is CCC(=O)Nc1ccc2c(c1)Cc1cc(N)ccc1-2. The molecule has 0 saturated heterocycles. The summed E-state index contributed by atoms with van der Waals surface area (Å²) in [6.07, 6.45) is 1.37. The molecule has 0 radical (unpaired) electrons. The maximum atomic E-state index is 11.4. The zero-order valence-corrected chi connectivity index (χ0v) is 10.9. The Morgan fingerprint density at radius 3 is 2.58 bits per heavy atom. The number of rotatable bonds is 2. The van der Waals surface area contributed by atoms with E-state index in [1.165, 1.54) is 22.3 Å². The highest BCUT2D eigenvalue weighted by Gasteiger charge is 2.18. The number of nitrogen functional groups attached to an aromatic ring is 1. The van der Waals surface area contributed by atoms with E-state index < -0.39 is 0 Å². The first-order valence-electron chi connectivity index (χ1n) is 6.49. The third-order valence-corrected chi connectivity index (χ3v) is 3.51. The van der Waals surface area contributed by atoms with Gasteiger partial charge in [-0.15, -0.1) is 0 Å². The minimum atomic E-state index is 0.0414. The smallest absolute Gasteiger partial charge is 0.224 e. The zero-order valence-electron chi connectivity index (χ0n) is 10.9. The molecule has 3 N–H and O–H groups in total. The first kappa shape index (κ1) is 11.8. The fraction of sp³-hybridized carbons (Fsp3) is 0.188. The van der Waals surface area contributed by atoms with E-state index in [0.717, 1.165) is 17.8 Å². The van der Waals surface area contributed by atoms with Crippen molar-refractivity contribution < 1.29 is 4.79 Å². The molecule has 1 aliphatic rings. The van der Waals surface area contributed by atoms with Gasteiger partial charge in [0.1, 0.15) is 0 Å². The van der Waals surface area contributed by atoms with Crippen molar-refractivity contribution in [2.24, 2.45) is 0 Å². The predicted molar refractivity (Wildman–Crippen MR) is 78.0 cm³/mol. The van der Waals surface area contributed by atoms with E-state index in [0.29, 0.717) is 6.42 Å². The van der Waals surface area contributed by atoms with E-state index >= 15 is 0 Å². The van der Waals surface area contributed by atoms with Gasteiger partial charge >= 0.3 is 0 Å². The van der Waals surface area contributed by atoms with E-state index in [1.54, 1.807) is 0 Å². The molecule has 3 rings (SSSR count). The van der Waals surface area contributed by atoms with E-state index in [-0.39, 0.29) is 5.91 Å². The summed E-state index contributed by atoms with van der Waals surface area (Å²) in [5.74, 6) is 0.0414. The highest BCUT2D eigenvalue weighted by Crippen LogP contribution is 2.38. The summed E-state index contributed by atoms with van der Waals surface area (Å²) in [5.41, 5.74) is 12.5. The lowest BCUT2D eigenvalue weighted by Crippen LogP contribution is -2.09. The van der Waals surface area contributed by atoms with Gasteiger partial charge in [-0.1, -0.05) is 19.1 Å². The van der Waals surface area contributed by atoms with Gasteiger partial charge in [-0.05, 0) is 52.9 Å². The van der Waals surface area contributed by atoms with Crippen LogP contribution in [-0.2, 0) is 11.2 Å². The molecule has 0 fully saturated rings. The summed E-state index contributed by atoms with van der Waals surface area (Å²) in [5, 5.41) is 2.90. The number of carbonyl (C=O) groups is 1. The third-order valence-electron chi connectivity index (χ3n) is 3.51. The Bertz CT molecular complexity index is 662. The van der Waals surface area contributed by atoms with Crippen LogP contribution < -0.4 is 11.1 Å². The molecule has 0 unspecified atom stereocenters. The number of nitrogens with two attached hydrogens (primary N) is 1. The van der Waals surface area contributed by atoms with Gasteiger partial charge in [0.15, 0.2) is 0 Å². The van der Waals surface area contributed by atoms with Crippen LogP contribution in [0.4, 0.5) is 11.4 Å². The van der Waals surface area contributed by atoms with Crippen molar-refractivity contribution >= 4 is 17.3 Å². The number of carbonyl (C=O) groups excluding carboxylic acids is 1. The second kappa shape index (κ2) is 4.43. The second-order valence-corrected chi connectivity index (χ2v) is 4.87. The van der Waals surface area contributed by atoms with E-state index in [4.69, 9.17) is 5.73 Å². The molecule has 0 heterocycles. The molecule has 0 atom stereocenters. The fourth-order valence-corrected chi connectivity index (χ4v) is 2.56. The summed E-state index contributed by atoms with van der Waals surface area (Å²) in [4.78, 5) is 11.4. The molecule has 0 bridgehead atoms. The van der Waals surface area contributed by atoms with E-state index in [1.807, 2.05) is 25.1 Å². The van der Waals surface area contributed by atoms with Gasteiger partial charge in [-0.25, -0.2) is 0 Å². The second-order valence-electron chi connectivity index (χ2n) is 4.87. The molecule has 0 aliphatic heterocycles. The van der Waals surface area contributed by atoms with Crippen LogP contribution in [0.25, 0.3) is 11.1 Å². The first-order chi connectivity index (χ1) is 9.17. The van der Waals surface area contributed by atoms with Gasteiger partial charge in [0, 0.05) is 17.8 Å². The van der Waals surface area contributed by atoms with Gasteiger partial charge in [-0.3, -0.25) is 4.79 Å². The van der Waals surface area contributed by atoms with Gasteiger partial charge in [0.25, 0.3) is 0 Å². The maximum absolute atomic E-state index is 11.4. The van der Waals surface area contributed by atoms with Crippen LogP contribution in [0.15, 0.2) is 36.4 Å². The van der Waals surface area contributed by atoms with Crippen LogP contribution in [0.5, 0.6) is 0 Å². The molecular formula is C16H16N2O. The highest BCUT2D eigenvalue weighted by molar-refractivity contribution is 5.91. The Labute approximate surface area is 112 Å². The molecule has 3 nitrogen and oxygen atoms in total. The van der Waals surface area contributed by atoms with Crippen molar-refractivity contribution in [3.05, 3.63) is 47.5 Å².